The van der Waals surface area contributed by atoms with Crippen LogP contribution >= 0.6 is 0 Å². The summed E-state index contributed by atoms with van der Waals surface area (Å²) in [6, 6.07) is 10.3. The van der Waals surface area contributed by atoms with E-state index in [0.29, 0.717) is 43.8 Å². The Hall–Kier alpha value is -2.93. The predicted octanol–water partition coefficient (Wildman–Crippen LogP) is 1.47. The minimum atomic E-state index is -0.484. The third kappa shape index (κ3) is 5.52. The van der Waals surface area contributed by atoms with Gasteiger partial charge in [0.1, 0.15) is 11.9 Å². The number of ether oxygens (including phenoxy) is 2. The standard InChI is InChI=1S/C20H23N3O4/c21-20(25)15-2-4-16(5-3-15)27-18-13-26-12-9-17(18)23-19(24)6-1-14-7-10-22-11-8-14/h2-5,7-8,10-11,17-18H,1,6,9,12-13H2,(H2,21,25)(H,23,24)/t17-,18-/m1/s1. The first-order chi connectivity index (χ1) is 13.1. The van der Waals surface area contributed by atoms with Gasteiger partial charge in [0.25, 0.3) is 0 Å². The van der Waals surface area contributed by atoms with Gasteiger partial charge in [0.2, 0.25) is 11.8 Å². The molecule has 0 aliphatic carbocycles. The van der Waals surface area contributed by atoms with E-state index in [0.717, 1.165) is 5.56 Å². The molecule has 1 aromatic carbocycles. The Labute approximate surface area is 157 Å². The Balaban J connectivity index is 1.54. The van der Waals surface area contributed by atoms with Crippen LogP contribution in [0.25, 0.3) is 0 Å². The highest BCUT2D eigenvalue weighted by molar-refractivity contribution is 5.92. The van der Waals surface area contributed by atoms with Crippen molar-refractivity contribution < 1.29 is 19.1 Å². The van der Waals surface area contributed by atoms with Crippen molar-refractivity contribution in [3.63, 3.8) is 0 Å². The first-order valence-corrected chi connectivity index (χ1v) is 8.94. The second-order valence-corrected chi connectivity index (χ2v) is 6.44. The summed E-state index contributed by atoms with van der Waals surface area (Å²) >= 11 is 0. The third-order valence-electron chi connectivity index (χ3n) is 4.47. The average Bonchev–Trinajstić information content (AvgIpc) is 2.69. The smallest absolute Gasteiger partial charge is 0.248 e. The number of nitrogens with two attached hydrogens (primary N) is 1. The van der Waals surface area contributed by atoms with Crippen molar-refractivity contribution in [2.24, 2.45) is 5.73 Å². The van der Waals surface area contributed by atoms with Crippen LogP contribution in [-0.4, -0.2) is 42.2 Å². The van der Waals surface area contributed by atoms with Gasteiger partial charge < -0.3 is 20.5 Å². The Morgan fingerprint density at radius 2 is 1.93 bits per heavy atom. The molecule has 3 N–H and O–H groups in total. The summed E-state index contributed by atoms with van der Waals surface area (Å²) in [5, 5.41) is 3.06. The van der Waals surface area contributed by atoms with E-state index in [2.05, 4.69) is 10.3 Å². The summed E-state index contributed by atoms with van der Waals surface area (Å²) in [5.41, 5.74) is 6.74. The van der Waals surface area contributed by atoms with Gasteiger partial charge in [-0.2, -0.15) is 0 Å². The second-order valence-electron chi connectivity index (χ2n) is 6.44. The summed E-state index contributed by atoms with van der Waals surface area (Å²) in [5.74, 6) is 0.102. The SMILES string of the molecule is NC(=O)c1ccc(O[C@@H]2COCC[C@H]2NC(=O)CCc2ccncc2)cc1. The number of benzene rings is 1. The molecule has 2 heterocycles. The molecule has 2 amide bonds. The van der Waals surface area contributed by atoms with Crippen molar-refractivity contribution in [3.8, 4) is 5.75 Å². The van der Waals surface area contributed by atoms with E-state index in [-0.39, 0.29) is 18.1 Å². The Bertz CT molecular complexity index is 765. The van der Waals surface area contributed by atoms with Gasteiger partial charge in [0, 0.05) is 31.0 Å². The molecule has 7 nitrogen and oxygen atoms in total. The number of carbonyl (C=O) groups excluding carboxylic acids is 2. The largest absolute Gasteiger partial charge is 0.486 e. The highest BCUT2D eigenvalue weighted by Crippen LogP contribution is 2.19. The van der Waals surface area contributed by atoms with E-state index in [1.54, 1.807) is 36.7 Å². The third-order valence-corrected chi connectivity index (χ3v) is 4.47. The zero-order valence-corrected chi connectivity index (χ0v) is 15.0. The molecule has 0 radical (unpaired) electrons. The quantitative estimate of drug-likeness (QED) is 0.769. The van der Waals surface area contributed by atoms with Crippen molar-refractivity contribution in [3.05, 3.63) is 59.9 Å². The Kier molecular flexibility index (Phi) is 6.38. The Morgan fingerprint density at radius 3 is 2.63 bits per heavy atom. The maximum absolute atomic E-state index is 12.3. The van der Waals surface area contributed by atoms with Gasteiger partial charge in [0.05, 0.1) is 12.6 Å². The molecule has 0 spiro atoms. The molecule has 3 rings (SSSR count). The van der Waals surface area contributed by atoms with Gasteiger partial charge >= 0.3 is 0 Å². The van der Waals surface area contributed by atoms with Crippen molar-refractivity contribution in [1.82, 2.24) is 10.3 Å². The monoisotopic (exact) mass is 369 g/mol. The number of nitrogens with one attached hydrogen (secondary N) is 1. The summed E-state index contributed by atoms with van der Waals surface area (Å²) in [6.07, 6.45) is 4.91. The number of aromatic nitrogens is 1. The maximum atomic E-state index is 12.3. The van der Waals surface area contributed by atoms with Gasteiger partial charge in [-0.1, -0.05) is 0 Å². The van der Waals surface area contributed by atoms with Crippen LogP contribution < -0.4 is 15.8 Å². The molecule has 1 aliphatic heterocycles. The predicted molar refractivity (Wildman–Crippen MR) is 99.3 cm³/mol. The van der Waals surface area contributed by atoms with E-state index in [9.17, 15) is 9.59 Å². The number of aryl methyl sites for hydroxylation is 1. The summed E-state index contributed by atoms with van der Waals surface area (Å²) < 4.78 is 11.5. The number of hydrogen-bond acceptors (Lipinski definition) is 5. The maximum Gasteiger partial charge on any atom is 0.248 e. The molecular formula is C20H23N3O4. The highest BCUT2D eigenvalue weighted by atomic mass is 16.5. The van der Waals surface area contributed by atoms with E-state index in [1.807, 2.05) is 12.1 Å². The lowest BCUT2D eigenvalue weighted by atomic mass is 10.0. The van der Waals surface area contributed by atoms with Crippen molar-refractivity contribution >= 4 is 11.8 Å². The van der Waals surface area contributed by atoms with Gasteiger partial charge in [-0.25, -0.2) is 0 Å². The molecule has 0 bridgehead atoms. The van der Waals surface area contributed by atoms with E-state index < -0.39 is 5.91 Å². The molecule has 1 fully saturated rings. The normalized spacial score (nSPS) is 19.3. The van der Waals surface area contributed by atoms with Crippen LogP contribution in [0, 0.1) is 0 Å². The second kappa shape index (κ2) is 9.14. The zero-order valence-electron chi connectivity index (χ0n) is 15.0. The summed E-state index contributed by atoms with van der Waals surface area (Å²) in [7, 11) is 0. The van der Waals surface area contributed by atoms with Gasteiger partial charge in [-0.15, -0.1) is 0 Å². The fourth-order valence-corrected chi connectivity index (χ4v) is 2.95. The van der Waals surface area contributed by atoms with Gasteiger partial charge in [-0.05, 0) is 54.8 Å². The molecular weight excluding hydrogens is 346 g/mol. The van der Waals surface area contributed by atoms with E-state index in [1.165, 1.54) is 0 Å². The lowest BCUT2D eigenvalue weighted by Gasteiger charge is -2.32. The van der Waals surface area contributed by atoms with Gasteiger partial charge in [0.15, 0.2) is 0 Å². The number of nitrogens with zero attached hydrogens (tertiary/aromatic N) is 1. The minimum Gasteiger partial charge on any atom is -0.486 e. The van der Waals surface area contributed by atoms with Crippen molar-refractivity contribution in [2.75, 3.05) is 13.2 Å². The highest BCUT2D eigenvalue weighted by Gasteiger charge is 2.28. The van der Waals surface area contributed by atoms with Crippen LogP contribution in [0.3, 0.4) is 0 Å². The molecule has 2 aromatic rings. The number of primary amides is 1. The van der Waals surface area contributed by atoms with Gasteiger partial charge in [-0.3, -0.25) is 14.6 Å². The van der Waals surface area contributed by atoms with Crippen LogP contribution in [0.4, 0.5) is 0 Å². The molecule has 7 heteroatoms. The van der Waals surface area contributed by atoms with Crippen LogP contribution in [0.1, 0.15) is 28.8 Å². The zero-order chi connectivity index (χ0) is 19.1. The van der Waals surface area contributed by atoms with E-state index >= 15 is 0 Å². The van der Waals surface area contributed by atoms with Crippen LogP contribution in [0.5, 0.6) is 5.75 Å². The minimum absolute atomic E-state index is 0.0172. The summed E-state index contributed by atoms with van der Waals surface area (Å²) in [6.45, 7) is 0.975. The first kappa shape index (κ1) is 18.8. The lowest BCUT2D eigenvalue weighted by molar-refractivity contribution is -0.123. The fraction of sp³-hybridized carbons (Fsp3) is 0.350. The fourth-order valence-electron chi connectivity index (χ4n) is 2.95. The number of carbonyl (C=O) groups is 2. The molecule has 0 saturated carbocycles. The summed E-state index contributed by atoms with van der Waals surface area (Å²) in [4.78, 5) is 27.5. The van der Waals surface area contributed by atoms with Crippen LogP contribution in [-0.2, 0) is 16.0 Å². The topological polar surface area (TPSA) is 104 Å². The number of rotatable bonds is 7. The molecule has 1 aliphatic rings. The first-order valence-electron chi connectivity index (χ1n) is 8.94. The molecule has 1 aromatic heterocycles. The van der Waals surface area contributed by atoms with E-state index in [4.69, 9.17) is 15.2 Å². The van der Waals surface area contributed by atoms with Crippen LogP contribution in [0.2, 0.25) is 0 Å². The van der Waals surface area contributed by atoms with Crippen LogP contribution in [0.15, 0.2) is 48.8 Å². The number of amides is 2. The molecule has 2 atom stereocenters. The molecule has 0 unspecified atom stereocenters. The average molecular weight is 369 g/mol. The molecule has 1 saturated heterocycles. The number of pyridine rings is 1. The number of hydrogen-bond donors (Lipinski definition) is 2. The Morgan fingerprint density at radius 1 is 1.19 bits per heavy atom. The van der Waals surface area contributed by atoms with Crippen molar-refractivity contribution in [2.45, 2.75) is 31.4 Å². The lowest BCUT2D eigenvalue weighted by Crippen LogP contribution is -2.51. The van der Waals surface area contributed by atoms with Crippen molar-refractivity contribution in [1.29, 1.82) is 0 Å². The molecule has 27 heavy (non-hydrogen) atoms. The molecule has 142 valence electrons.